The Morgan fingerprint density at radius 3 is 2.55 bits per heavy atom. The summed E-state index contributed by atoms with van der Waals surface area (Å²) in [7, 11) is -4.02. The van der Waals surface area contributed by atoms with Crippen LogP contribution in [0, 0.1) is 0 Å². The van der Waals surface area contributed by atoms with Crippen LogP contribution < -0.4 is 10.1 Å². The highest BCUT2D eigenvalue weighted by Gasteiger charge is 2.34. The molecule has 0 spiro atoms. The van der Waals surface area contributed by atoms with Crippen molar-refractivity contribution < 1.29 is 13.2 Å². The molecular formula is C12H14ClN3O3S. The van der Waals surface area contributed by atoms with E-state index in [-0.39, 0.29) is 9.92 Å². The molecule has 8 heteroatoms. The van der Waals surface area contributed by atoms with Crippen LogP contribution in [0.1, 0.15) is 13.8 Å². The molecule has 1 aromatic rings. The van der Waals surface area contributed by atoms with Crippen LogP contribution in [0.3, 0.4) is 0 Å². The summed E-state index contributed by atoms with van der Waals surface area (Å²) in [5.74, 6) is 0. The summed E-state index contributed by atoms with van der Waals surface area (Å²) < 4.78 is 26.3. The molecule has 0 fully saturated rings. The van der Waals surface area contributed by atoms with Gasteiger partial charge in [0, 0.05) is 6.20 Å². The molecule has 0 unspecified atom stereocenters. The van der Waals surface area contributed by atoms with Crippen LogP contribution in [0.2, 0.25) is 5.02 Å². The van der Waals surface area contributed by atoms with Crippen LogP contribution in [0.15, 0.2) is 41.4 Å². The van der Waals surface area contributed by atoms with Crippen molar-refractivity contribution in [2.75, 3.05) is 0 Å². The van der Waals surface area contributed by atoms with Gasteiger partial charge in [0.2, 0.25) is 0 Å². The highest BCUT2D eigenvalue weighted by molar-refractivity contribution is 7.90. The van der Waals surface area contributed by atoms with Crippen molar-refractivity contribution in [3.8, 4) is 0 Å². The van der Waals surface area contributed by atoms with Gasteiger partial charge in [-0.1, -0.05) is 23.7 Å². The summed E-state index contributed by atoms with van der Waals surface area (Å²) in [5, 5.41) is 1.24. The predicted molar refractivity (Wildman–Crippen MR) is 75.4 cm³/mol. The number of benzene rings is 1. The molecule has 1 aliphatic rings. The zero-order valence-corrected chi connectivity index (χ0v) is 12.5. The molecule has 0 aliphatic carbocycles. The third kappa shape index (κ3) is 2.73. The number of carbonyl (C=O) groups excluding carboxylic acids is 1. The van der Waals surface area contributed by atoms with Gasteiger partial charge in [-0.3, -0.25) is 0 Å². The highest BCUT2D eigenvalue weighted by Crippen LogP contribution is 2.22. The number of nitrogens with one attached hydrogen (secondary N) is 2. The van der Waals surface area contributed by atoms with E-state index in [1.165, 1.54) is 23.2 Å². The van der Waals surface area contributed by atoms with E-state index in [1.54, 1.807) is 32.2 Å². The van der Waals surface area contributed by atoms with Crippen LogP contribution in [-0.2, 0) is 10.0 Å². The van der Waals surface area contributed by atoms with Crippen LogP contribution in [0.5, 0.6) is 0 Å². The molecule has 0 saturated carbocycles. The summed E-state index contributed by atoms with van der Waals surface area (Å²) in [6, 6.07) is 5.14. The largest absolute Gasteiger partial charge is 0.350 e. The number of rotatable bonds is 2. The quantitative estimate of drug-likeness (QED) is 0.873. The van der Waals surface area contributed by atoms with Crippen molar-refractivity contribution >= 4 is 27.7 Å². The van der Waals surface area contributed by atoms with Gasteiger partial charge in [-0.05, 0) is 32.1 Å². The Hall–Kier alpha value is -1.73. The van der Waals surface area contributed by atoms with E-state index in [9.17, 15) is 13.2 Å². The molecule has 1 aromatic carbocycles. The zero-order valence-electron chi connectivity index (χ0n) is 10.9. The Morgan fingerprint density at radius 1 is 1.35 bits per heavy atom. The minimum absolute atomic E-state index is 0.0552. The lowest BCUT2D eigenvalue weighted by Gasteiger charge is -2.30. The van der Waals surface area contributed by atoms with Crippen molar-refractivity contribution in [1.82, 2.24) is 15.2 Å². The highest BCUT2D eigenvalue weighted by atomic mass is 35.5. The van der Waals surface area contributed by atoms with E-state index in [4.69, 9.17) is 11.6 Å². The number of urea groups is 1. The van der Waals surface area contributed by atoms with Crippen molar-refractivity contribution in [2.45, 2.75) is 24.3 Å². The number of sulfonamides is 1. The molecule has 0 radical (unpaired) electrons. The average molecular weight is 316 g/mol. The second-order valence-corrected chi connectivity index (χ2v) is 6.85. The first kappa shape index (κ1) is 14.7. The van der Waals surface area contributed by atoms with Crippen molar-refractivity contribution in [2.24, 2.45) is 0 Å². The normalized spacial score (nSPS) is 16.9. The Kier molecular flexibility index (Phi) is 3.66. The van der Waals surface area contributed by atoms with Crippen molar-refractivity contribution in [3.63, 3.8) is 0 Å². The Morgan fingerprint density at radius 2 is 2.00 bits per heavy atom. The van der Waals surface area contributed by atoms with E-state index >= 15 is 0 Å². The van der Waals surface area contributed by atoms with Crippen molar-refractivity contribution in [1.29, 1.82) is 0 Å². The molecule has 6 nitrogen and oxygen atoms in total. The minimum atomic E-state index is -4.02. The third-order valence-corrected chi connectivity index (χ3v) is 4.64. The molecule has 0 atom stereocenters. The Balaban J connectivity index is 2.22. The van der Waals surface area contributed by atoms with Gasteiger partial charge in [0.05, 0.1) is 10.6 Å². The lowest BCUT2D eigenvalue weighted by atomic mass is 10.1. The monoisotopic (exact) mass is 315 g/mol. The molecule has 1 aliphatic heterocycles. The maximum Gasteiger partial charge on any atom is 0.350 e. The molecule has 0 aromatic heterocycles. The Labute approximate surface area is 122 Å². The standard InChI is InChI=1S/C12H14ClN3O3S/c1-12(2)7-8-14-16(12)11(17)15-20(18,19)10-6-4-3-5-9(10)13/h3-8,14H,1-2H3,(H,15,17). The van der Waals surface area contributed by atoms with Crippen LogP contribution in [-0.4, -0.2) is 25.0 Å². The SMILES string of the molecule is CC1(C)C=CNN1C(=O)NS(=O)(=O)c1ccccc1Cl. The van der Waals surface area contributed by atoms with Gasteiger partial charge >= 0.3 is 6.03 Å². The van der Waals surface area contributed by atoms with Crippen LogP contribution in [0.25, 0.3) is 0 Å². The number of hydrazine groups is 1. The maximum absolute atomic E-state index is 12.1. The predicted octanol–water partition coefficient (Wildman–Crippen LogP) is 1.85. The summed E-state index contributed by atoms with van der Waals surface area (Å²) in [6.07, 6.45) is 3.32. The van der Waals surface area contributed by atoms with Gasteiger partial charge in [-0.15, -0.1) is 0 Å². The summed E-state index contributed by atoms with van der Waals surface area (Å²) in [6.45, 7) is 3.54. The molecule has 2 amide bonds. The Bertz CT molecular complexity index is 670. The summed E-state index contributed by atoms with van der Waals surface area (Å²) in [5.41, 5.74) is 2.05. The van der Waals surface area contributed by atoms with E-state index < -0.39 is 21.6 Å². The van der Waals surface area contributed by atoms with Gasteiger partial charge in [0.1, 0.15) is 4.90 Å². The fourth-order valence-corrected chi connectivity index (χ4v) is 3.21. The zero-order chi connectivity index (χ0) is 15.0. The fraction of sp³-hybridized carbons (Fsp3) is 0.250. The fourth-order valence-electron chi connectivity index (χ4n) is 1.76. The second-order valence-electron chi connectivity index (χ2n) is 4.79. The smallest absolute Gasteiger partial charge is 0.301 e. The second kappa shape index (κ2) is 4.99. The molecule has 1 heterocycles. The van der Waals surface area contributed by atoms with Crippen LogP contribution in [0.4, 0.5) is 4.79 Å². The number of hydrogen-bond donors (Lipinski definition) is 2. The van der Waals surface area contributed by atoms with Gasteiger partial charge in [-0.2, -0.15) is 0 Å². The van der Waals surface area contributed by atoms with Gasteiger partial charge in [-0.25, -0.2) is 22.9 Å². The molecule has 2 N–H and O–H groups in total. The van der Waals surface area contributed by atoms with Crippen LogP contribution >= 0.6 is 11.6 Å². The van der Waals surface area contributed by atoms with Gasteiger partial charge < -0.3 is 5.43 Å². The third-order valence-electron chi connectivity index (χ3n) is 2.82. The lowest BCUT2D eigenvalue weighted by Crippen LogP contribution is -2.54. The number of amides is 2. The summed E-state index contributed by atoms with van der Waals surface area (Å²) >= 11 is 5.84. The van der Waals surface area contributed by atoms with Gasteiger partial charge in [0.15, 0.2) is 0 Å². The number of nitrogens with zero attached hydrogens (tertiary/aromatic N) is 1. The summed E-state index contributed by atoms with van der Waals surface area (Å²) in [4.78, 5) is 11.9. The molecule has 2 rings (SSSR count). The first-order chi connectivity index (χ1) is 9.24. The maximum atomic E-state index is 12.1. The molecule has 0 saturated heterocycles. The minimum Gasteiger partial charge on any atom is -0.301 e. The van der Waals surface area contributed by atoms with E-state index in [1.807, 2.05) is 4.72 Å². The first-order valence-electron chi connectivity index (χ1n) is 5.79. The van der Waals surface area contributed by atoms with Crippen molar-refractivity contribution in [3.05, 3.63) is 41.6 Å². The number of carbonyl (C=O) groups is 1. The first-order valence-corrected chi connectivity index (χ1v) is 7.65. The van der Waals surface area contributed by atoms with Gasteiger partial charge in [0.25, 0.3) is 10.0 Å². The molecule has 0 bridgehead atoms. The van der Waals surface area contributed by atoms with E-state index in [0.717, 1.165) is 0 Å². The van der Waals surface area contributed by atoms with E-state index in [2.05, 4.69) is 5.43 Å². The lowest BCUT2D eigenvalue weighted by molar-refractivity contribution is 0.152. The molecular weight excluding hydrogens is 302 g/mol. The average Bonchev–Trinajstić information content (AvgIpc) is 2.68. The van der Waals surface area contributed by atoms with E-state index in [0.29, 0.717) is 0 Å². The number of halogens is 1. The topological polar surface area (TPSA) is 78.5 Å². The number of hydrogen-bond acceptors (Lipinski definition) is 4. The molecule has 20 heavy (non-hydrogen) atoms. The molecule has 108 valence electrons.